The molecule has 0 aromatic heterocycles. The second-order valence-corrected chi connectivity index (χ2v) is 6.70. The number of hydrogen-bond acceptors (Lipinski definition) is 7. The van der Waals surface area contributed by atoms with Gasteiger partial charge in [0.25, 0.3) is 0 Å². The molecule has 0 fully saturated rings. The summed E-state index contributed by atoms with van der Waals surface area (Å²) in [6, 6.07) is -1.22. The summed E-state index contributed by atoms with van der Waals surface area (Å²) in [4.78, 5) is 15.1. The van der Waals surface area contributed by atoms with Crippen LogP contribution >= 0.6 is 7.60 Å². The van der Waals surface area contributed by atoms with E-state index in [1.54, 1.807) is 13.8 Å². The van der Waals surface area contributed by atoms with Gasteiger partial charge in [0, 0.05) is 6.54 Å². The molecule has 0 saturated heterocycles. The summed E-state index contributed by atoms with van der Waals surface area (Å²) in [7, 11) is -3.57. The first-order valence-electron chi connectivity index (χ1n) is 7.37. The summed E-state index contributed by atoms with van der Waals surface area (Å²) in [5.74, 6) is -1.26. The van der Waals surface area contributed by atoms with Gasteiger partial charge in [-0.3, -0.25) is 14.4 Å². The lowest BCUT2D eigenvalue weighted by Gasteiger charge is -2.26. The molecule has 0 bridgehead atoms. The first-order valence-corrected chi connectivity index (χ1v) is 9.10. The maximum absolute atomic E-state index is 12.3. The number of hydroxylamine groups is 2. The van der Waals surface area contributed by atoms with Crippen LogP contribution in [0.3, 0.4) is 0 Å². The molecule has 0 heterocycles. The Labute approximate surface area is 135 Å². The molecule has 0 saturated carbocycles. The fraction of sp³-hybridized carbons (Fsp3) is 0.833. The number of rotatable bonds is 13. The molecule has 11 heteroatoms. The lowest BCUT2D eigenvalue weighted by molar-refractivity contribution is -0.166. The van der Waals surface area contributed by atoms with Crippen LogP contribution in [0.1, 0.15) is 33.1 Å². The van der Waals surface area contributed by atoms with Crippen LogP contribution in [0.5, 0.6) is 0 Å². The molecule has 0 spiro atoms. The predicted molar refractivity (Wildman–Crippen MR) is 85.3 cm³/mol. The highest BCUT2D eigenvalue weighted by atomic mass is 31.2. The van der Waals surface area contributed by atoms with Crippen LogP contribution in [0, 0.1) is 0 Å². The summed E-state index contributed by atoms with van der Waals surface area (Å²) in [5.41, 5.74) is 10.4. The van der Waals surface area contributed by atoms with Gasteiger partial charge in [-0.05, 0) is 33.1 Å². The quantitative estimate of drug-likeness (QED) is 0.123. The summed E-state index contributed by atoms with van der Waals surface area (Å²) < 4.78 is 22.4. The average Bonchev–Trinajstić information content (AvgIpc) is 2.41. The number of carboxylic acids is 1. The van der Waals surface area contributed by atoms with E-state index in [4.69, 9.17) is 20.5 Å². The minimum Gasteiger partial charge on any atom is -0.480 e. The van der Waals surface area contributed by atoms with Crippen molar-refractivity contribution in [3.8, 4) is 0 Å². The van der Waals surface area contributed by atoms with Gasteiger partial charge < -0.3 is 30.8 Å². The molecule has 0 amide bonds. The van der Waals surface area contributed by atoms with Crippen molar-refractivity contribution in [3.05, 3.63) is 0 Å². The highest BCUT2D eigenvalue weighted by Gasteiger charge is 2.33. The molecule has 0 aromatic carbocycles. The van der Waals surface area contributed by atoms with Crippen molar-refractivity contribution < 1.29 is 28.7 Å². The Hall–Kier alpha value is -1.19. The zero-order valence-corrected chi connectivity index (χ0v) is 14.4. The van der Waals surface area contributed by atoms with Gasteiger partial charge in [0.15, 0.2) is 5.96 Å². The van der Waals surface area contributed by atoms with Crippen molar-refractivity contribution in [2.24, 2.45) is 16.5 Å². The van der Waals surface area contributed by atoms with Crippen molar-refractivity contribution >= 4 is 19.5 Å². The van der Waals surface area contributed by atoms with Crippen LogP contribution in [0.4, 0.5) is 0 Å². The first kappa shape index (κ1) is 21.8. The Morgan fingerprint density at radius 2 is 1.83 bits per heavy atom. The number of aliphatic carboxylic acids is 1. The third-order valence-corrected chi connectivity index (χ3v) is 4.73. The number of nitrogens with zero attached hydrogens (tertiary/aromatic N) is 2. The van der Waals surface area contributed by atoms with Gasteiger partial charge in [0.05, 0.1) is 13.2 Å². The molecule has 0 aliphatic rings. The van der Waals surface area contributed by atoms with Gasteiger partial charge in [-0.1, -0.05) is 0 Å². The smallest absolute Gasteiger partial charge is 0.346 e. The van der Waals surface area contributed by atoms with Gasteiger partial charge in [-0.15, -0.1) is 0 Å². The zero-order chi connectivity index (χ0) is 17.9. The lowest BCUT2D eigenvalue weighted by Crippen LogP contribution is -2.39. The van der Waals surface area contributed by atoms with E-state index in [-0.39, 0.29) is 25.6 Å². The second-order valence-electron chi connectivity index (χ2n) is 4.68. The van der Waals surface area contributed by atoms with E-state index >= 15 is 0 Å². The van der Waals surface area contributed by atoms with Crippen molar-refractivity contribution in [2.75, 3.05) is 26.0 Å². The van der Waals surface area contributed by atoms with E-state index in [1.165, 1.54) is 0 Å². The largest absolute Gasteiger partial charge is 0.480 e. The lowest BCUT2D eigenvalue weighted by atomic mass is 10.1. The molecular formula is C12H27N4O6P. The monoisotopic (exact) mass is 354 g/mol. The summed E-state index contributed by atoms with van der Waals surface area (Å²) >= 11 is 0. The Morgan fingerprint density at radius 3 is 2.26 bits per heavy atom. The van der Waals surface area contributed by atoms with Crippen LogP contribution in [0.2, 0.25) is 0 Å². The SMILES string of the molecule is CCOP(=O)(CN(O)[C@@H](CCCCN=C(N)N)C(=O)O)OCC. The Kier molecular flexibility index (Phi) is 10.8. The number of unbranched alkanes of at least 4 members (excludes halogenated alkanes) is 1. The summed E-state index contributed by atoms with van der Waals surface area (Å²) in [5, 5.41) is 19.7. The van der Waals surface area contributed by atoms with Crippen LogP contribution in [-0.2, 0) is 18.4 Å². The molecular weight excluding hydrogens is 327 g/mol. The molecule has 23 heavy (non-hydrogen) atoms. The van der Waals surface area contributed by atoms with Crippen molar-refractivity contribution in [1.29, 1.82) is 0 Å². The maximum Gasteiger partial charge on any atom is 0.346 e. The molecule has 0 aliphatic carbocycles. The van der Waals surface area contributed by atoms with Gasteiger partial charge in [0.2, 0.25) is 0 Å². The van der Waals surface area contributed by atoms with E-state index in [0.717, 1.165) is 0 Å². The predicted octanol–water partition coefficient (Wildman–Crippen LogP) is 0.798. The number of carbonyl (C=O) groups is 1. The van der Waals surface area contributed by atoms with E-state index < -0.39 is 25.9 Å². The van der Waals surface area contributed by atoms with E-state index in [0.29, 0.717) is 24.4 Å². The number of nitrogens with two attached hydrogens (primary N) is 2. The Balaban J connectivity index is 4.60. The van der Waals surface area contributed by atoms with Crippen molar-refractivity contribution in [2.45, 2.75) is 39.2 Å². The summed E-state index contributed by atoms with van der Waals surface area (Å²) in [6.07, 6.45) is 0.659. The van der Waals surface area contributed by atoms with Crippen LogP contribution in [-0.4, -0.2) is 59.4 Å². The molecule has 136 valence electrons. The molecule has 6 N–H and O–H groups in total. The van der Waals surface area contributed by atoms with Crippen LogP contribution in [0.15, 0.2) is 4.99 Å². The molecule has 0 radical (unpaired) electrons. The standard InChI is InChI=1S/C12H27N4O6P/c1-3-21-23(20,22-4-2)9-16(19)10(11(17)18)7-5-6-8-15-12(13)14/h10,19H,3-9H2,1-2H3,(H,17,18)(H4,13,14,15)/t10-/m0/s1. The van der Waals surface area contributed by atoms with E-state index in [2.05, 4.69) is 4.99 Å². The fourth-order valence-electron chi connectivity index (χ4n) is 1.85. The number of carboxylic acid groups (broad SMARTS) is 1. The average molecular weight is 354 g/mol. The third-order valence-electron chi connectivity index (χ3n) is 2.79. The van der Waals surface area contributed by atoms with Crippen LogP contribution < -0.4 is 11.5 Å². The third kappa shape index (κ3) is 9.52. The minimum absolute atomic E-state index is 0.0297. The van der Waals surface area contributed by atoms with Crippen molar-refractivity contribution in [3.63, 3.8) is 0 Å². The van der Waals surface area contributed by atoms with Gasteiger partial charge in [-0.2, -0.15) is 5.06 Å². The molecule has 0 aromatic rings. The van der Waals surface area contributed by atoms with Gasteiger partial charge in [0.1, 0.15) is 12.3 Å². The highest BCUT2D eigenvalue weighted by Crippen LogP contribution is 2.48. The number of hydrogen-bond donors (Lipinski definition) is 4. The van der Waals surface area contributed by atoms with E-state index in [9.17, 15) is 19.7 Å². The minimum atomic E-state index is -3.57. The maximum atomic E-state index is 12.3. The van der Waals surface area contributed by atoms with Crippen LogP contribution in [0.25, 0.3) is 0 Å². The normalized spacial score (nSPS) is 13.0. The highest BCUT2D eigenvalue weighted by molar-refractivity contribution is 7.53. The van der Waals surface area contributed by atoms with Gasteiger partial charge in [-0.25, -0.2) is 0 Å². The van der Waals surface area contributed by atoms with E-state index in [1.807, 2.05) is 0 Å². The molecule has 1 atom stereocenters. The first-order chi connectivity index (χ1) is 10.8. The van der Waals surface area contributed by atoms with Gasteiger partial charge >= 0.3 is 13.6 Å². The molecule has 10 nitrogen and oxygen atoms in total. The topological polar surface area (TPSA) is 161 Å². The number of guanidine groups is 1. The Morgan fingerprint density at radius 1 is 1.26 bits per heavy atom. The zero-order valence-electron chi connectivity index (χ0n) is 13.6. The molecule has 0 aliphatic heterocycles. The number of aliphatic imine (C=N–C) groups is 1. The fourth-order valence-corrected chi connectivity index (χ4v) is 3.42. The molecule has 0 rings (SSSR count). The Bertz CT molecular complexity index is 420. The second kappa shape index (κ2) is 11.4. The molecule has 0 unspecified atom stereocenters. The summed E-state index contributed by atoms with van der Waals surface area (Å²) in [6.45, 7) is 3.89. The van der Waals surface area contributed by atoms with Crippen molar-refractivity contribution in [1.82, 2.24) is 5.06 Å².